The van der Waals surface area contributed by atoms with Gasteiger partial charge in [0, 0.05) is 5.92 Å². The molecule has 4 saturated carbocycles. The van der Waals surface area contributed by atoms with Crippen LogP contribution in [0.15, 0.2) is 23.8 Å². The van der Waals surface area contributed by atoms with Crippen LogP contribution in [-0.2, 0) is 42.7 Å². The first-order valence-electron chi connectivity index (χ1n) is 26.4. The van der Waals surface area contributed by atoms with E-state index in [0.717, 1.165) is 37.7 Å². The van der Waals surface area contributed by atoms with Crippen molar-refractivity contribution in [3.05, 3.63) is 23.8 Å². The van der Waals surface area contributed by atoms with Crippen molar-refractivity contribution in [1.82, 2.24) is 0 Å². The Morgan fingerprint density at radius 3 is 1.93 bits per heavy atom. The van der Waals surface area contributed by atoms with Crippen LogP contribution < -0.4 is 0 Å². The lowest BCUT2D eigenvalue weighted by atomic mass is 9.34. The Bertz CT molecular complexity index is 2040. The van der Waals surface area contributed by atoms with Crippen LogP contribution in [0.3, 0.4) is 0 Å². The van der Waals surface area contributed by atoms with Crippen molar-refractivity contribution in [3.8, 4) is 0 Å². The molecule has 7 unspecified atom stereocenters. The van der Waals surface area contributed by atoms with Crippen molar-refractivity contribution in [1.29, 1.82) is 0 Å². The molecular weight excluding hydrogens is 961 g/mol. The smallest absolute Gasteiger partial charge is 0.315 e. The van der Waals surface area contributed by atoms with Crippen LogP contribution in [0.1, 0.15) is 106 Å². The van der Waals surface area contributed by atoms with Crippen LogP contribution in [0.25, 0.3) is 0 Å². The molecule has 0 amide bonds. The number of fused-ring (bicyclic) bond motifs is 7. The first kappa shape index (κ1) is 55.9. The molecule has 4 heterocycles. The molecule has 4 saturated heterocycles. The van der Waals surface area contributed by atoms with Gasteiger partial charge in [0.2, 0.25) is 6.29 Å². The SMILES string of the molecule is C=C1CCC2(C(=O)O[C@@H]3O[C@@H](CO[C@@H]4O[C@@H](CO)[C@H](O[C@@H]5O[C@@H](C)[C@@H](O)[C@@H](O)[C@H]5O)[C@@H](O)[C@@H]4O)[C@H](O)[C@@H](O)[C@@H]3O)CC[C@]3(C)C(=CCC4C5(C)CCC(O[C@@H]6O[C@@H](CO)[C@H](O)[C@H]6O)C(C)(C)C5CCC43C)C2C1. The van der Waals surface area contributed by atoms with E-state index in [0.29, 0.717) is 38.0 Å². The number of hydrogen-bond donors (Lipinski definition) is 12. The Hall–Kier alpha value is -1.81. The van der Waals surface area contributed by atoms with Crippen LogP contribution in [0.2, 0.25) is 0 Å². The summed E-state index contributed by atoms with van der Waals surface area (Å²) in [6.45, 7) is 15.7. The molecule has 9 rings (SSSR count). The summed E-state index contributed by atoms with van der Waals surface area (Å²) < 4.78 is 47.0. The molecule has 73 heavy (non-hydrogen) atoms. The van der Waals surface area contributed by atoms with Crippen molar-refractivity contribution >= 4 is 5.97 Å². The zero-order valence-corrected chi connectivity index (χ0v) is 42.8. The van der Waals surface area contributed by atoms with Crippen molar-refractivity contribution in [2.45, 2.75) is 229 Å². The third-order valence-corrected chi connectivity index (χ3v) is 20.4. The highest BCUT2D eigenvalue weighted by Crippen LogP contribution is 2.75. The van der Waals surface area contributed by atoms with Crippen molar-refractivity contribution in [2.75, 3.05) is 19.8 Å². The first-order chi connectivity index (χ1) is 34.3. The molecule has 27 atom stereocenters. The maximum Gasteiger partial charge on any atom is 0.315 e. The van der Waals surface area contributed by atoms with Crippen LogP contribution in [0.4, 0.5) is 0 Å². The normalized spacial score (nSPS) is 53.8. The van der Waals surface area contributed by atoms with Gasteiger partial charge in [-0.2, -0.15) is 0 Å². The average Bonchev–Trinajstić information content (AvgIpc) is 3.62. The van der Waals surface area contributed by atoms with E-state index < -0.39 is 148 Å². The highest BCUT2D eigenvalue weighted by molar-refractivity contribution is 5.79. The molecule has 0 spiro atoms. The Labute approximate surface area is 426 Å². The second kappa shape index (κ2) is 20.4. The summed E-state index contributed by atoms with van der Waals surface area (Å²) in [7, 11) is 0. The van der Waals surface area contributed by atoms with Gasteiger partial charge in [0.05, 0.1) is 37.4 Å². The minimum absolute atomic E-state index is 0.0868. The molecule has 5 aliphatic carbocycles. The number of carbonyl (C=O) groups excluding carboxylic acids is 1. The van der Waals surface area contributed by atoms with Crippen LogP contribution in [0, 0.1) is 44.8 Å². The lowest BCUT2D eigenvalue weighted by Gasteiger charge is -2.71. The summed E-state index contributed by atoms with van der Waals surface area (Å²) in [4.78, 5) is 15.0. The lowest BCUT2D eigenvalue weighted by molar-refractivity contribution is -0.361. The van der Waals surface area contributed by atoms with Crippen LogP contribution in [0.5, 0.6) is 0 Å². The number of carbonyl (C=O) groups is 1. The molecule has 0 aromatic heterocycles. The zero-order valence-electron chi connectivity index (χ0n) is 42.8. The summed E-state index contributed by atoms with van der Waals surface area (Å²) in [6.07, 6.45) is -19.8. The Balaban J connectivity index is 0.881. The lowest BCUT2D eigenvalue weighted by Crippen LogP contribution is -2.65. The number of aliphatic hydroxyl groups excluding tert-OH is 12. The first-order valence-corrected chi connectivity index (χ1v) is 26.4. The predicted octanol–water partition coefficient (Wildman–Crippen LogP) is -0.839. The van der Waals surface area contributed by atoms with Crippen molar-refractivity contribution in [3.63, 3.8) is 0 Å². The van der Waals surface area contributed by atoms with Crippen LogP contribution >= 0.6 is 0 Å². The summed E-state index contributed by atoms with van der Waals surface area (Å²) in [5, 5.41) is 128. The quantitative estimate of drug-likeness (QED) is 0.0887. The number of esters is 1. The maximum atomic E-state index is 15.0. The molecule has 21 nitrogen and oxygen atoms in total. The van der Waals surface area contributed by atoms with E-state index in [4.69, 9.17) is 37.9 Å². The van der Waals surface area contributed by atoms with E-state index in [1.54, 1.807) is 0 Å². The maximum absolute atomic E-state index is 15.0. The van der Waals surface area contributed by atoms with Crippen molar-refractivity contribution in [2.24, 2.45) is 44.8 Å². The van der Waals surface area contributed by atoms with Gasteiger partial charge in [-0.05, 0) is 105 Å². The Morgan fingerprint density at radius 2 is 1.25 bits per heavy atom. The summed E-state index contributed by atoms with van der Waals surface area (Å²) >= 11 is 0. The highest BCUT2D eigenvalue weighted by Gasteiger charge is 2.70. The number of ether oxygens (including phenoxy) is 8. The Kier molecular flexibility index (Phi) is 15.7. The third kappa shape index (κ3) is 9.02. The molecule has 0 aromatic carbocycles. The largest absolute Gasteiger partial charge is 0.432 e. The monoisotopic (exact) mass is 1040 g/mol. The van der Waals surface area contributed by atoms with Gasteiger partial charge in [-0.25, -0.2) is 0 Å². The second-order valence-electron chi connectivity index (χ2n) is 24.4. The van der Waals surface area contributed by atoms with Crippen molar-refractivity contribution < 1.29 is 104 Å². The molecule has 0 aromatic rings. The minimum Gasteiger partial charge on any atom is -0.432 e. The van der Waals surface area contributed by atoms with E-state index in [2.05, 4.69) is 47.3 Å². The summed E-state index contributed by atoms with van der Waals surface area (Å²) in [6, 6.07) is 0. The van der Waals surface area contributed by atoms with Gasteiger partial charge in [-0.15, -0.1) is 0 Å². The number of allylic oxidation sites excluding steroid dienone is 3. The number of hydrogen-bond acceptors (Lipinski definition) is 21. The average molecular weight is 1040 g/mol. The predicted molar refractivity (Wildman–Crippen MR) is 251 cm³/mol. The molecule has 8 fully saturated rings. The molecule has 21 heteroatoms. The van der Waals surface area contributed by atoms with E-state index in [9.17, 15) is 66.1 Å². The molecule has 12 N–H and O–H groups in total. The molecule has 0 bridgehead atoms. The van der Waals surface area contributed by atoms with Gasteiger partial charge < -0.3 is 99.2 Å². The minimum atomic E-state index is -1.87. The van der Waals surface area contributed by atoms with Gasteiger partial charge >= 0.3 is 5.97 Å². The van der Waals surface area contributed by atoms with E-state index >= 15 is 0 Å². The van der Waals surface area contributed by atoms with Gasteiger partial charge in [0.15, 0.2) is 18.9 Å². The fourth-order valence-corrected chi connectivity index (χ4v) is 15.7. The zero-order chi connectivity index (χ0) is 53.1. The highest BCUT2D eigenvalue weighted by atomic mass is 16.8. The fourth-order valence-electron chi connectivity index (χ4n) is 15.7. The van der Waals surface area contributed by atoms with E-state index in [1.165, 1.54) is 12.5 Å². The number of aliphatic hydroxyl groups is 12. The third-order valence-electron chi connectivity index (χ3n) is 20.4. The second-order valence-corrected chi connectivity index (χ2v) is 24.4. The topological polar surface area (TPSA) is 334 Å². The molecule has 0 radical (unpaired) electrons. The Morgan fingerprint density at radius 1 is 0.644 bits per heavy atom. The molecule has 9 aliphatic rings. The molecular formula is C52H82O21. The van der Waals surface area contributed by atoms with Gasteiger partial charge in [-0.3, -0.25) is 4.79 Å². The summed E-state index contributed by atoms with van der Waals surface area (Å²) in [5.74, 6) is -0.326. The standard InChI is InChI=1S/C52H82O21/c1-22-10-15-52(47(65)73-46-40(63)36(59)34(57)28(70-46)21-66-43-41(64)37(60)42(27(20-54)69-43)72-44-39(62)35(58)32(55)23(2)67-44)17-16-50(6)24(25(52)18-22)8-9-30-49(5)13-12-31(48(3,4)29(49)11-14-51(30,50)7)71-45-38(61)33(56)26(19-53)68-45/h8,23,25-46,53-64H,1,9-21H2,2-7H3/t23-,25?,26-,27-,28-,29?,30?,31?,32+,33-,34-,35+,36+,37-,38+,39+,40-,41-,42-,43+,44-,45-,46-,49?,50+,51?,52?/m0/s1. The molecule has 416 valence electrons. The number of rotatable bonds is 11. The molecule has 4 aliphatic heterocycles. The fraction of sp³-hybridized carbons (Fsp3) is 0.904. The van der Waals surface area contributed by atoms with E-state index in [1.807, 2.05) is 0 Å². The van der Waals surface area contributed by atoms with Gasteiger partial charge in [0.1, 0.15) is 85.5 Å². The van der Waals surface area contributed by atoms with Crippen LogP contribution in [-0.4, -0.2) is 210 Å². The van der Waals surface area contributed by atoms with E-state index in [-0.39, 0.29) is 39.6 Å². The van der Waals surface area contributed by atoms with Gasteiger partial charge in [-0.1, -0.05) is 58.4 Å². The summed E-state index contributed by atoms with van der Waals surface area (Å²) in [5.41, 5.74) is 0.342. The van der Waals surface area contributed by atoms with Gasteiger partial charge in [0.25, 0.3) is 0 Å².